The van der Waals surface area contributed by atoms with Crippen LogP contribution in [0.4, 0.5) is 0 Å². The van der Waals surface area contributed by atoms with E-state index >= 15 is 0 Å². The molecule has 3 aromatic rings. The number of fused-ring (bicyclic) bond motifs is 6. The van der Waals surface area contributed by atoms with Crippen molar-refractivity contribution in [1.82, 2.24) is 0 Å². The van der Waals surface area contributed by atoms with Crippen LogP contribution in [0.2, 0.25) is 0 Å². The van der Waals surface area contributed by atoms with Crippen LogP contribution in [0.3, 0.4) is 0 Å². The molecule has 8 fully saturated rings. The van der Waals surface area contributed by atoms with Gasteiger partial charge in [-0.15, -0.1) is 0 Å². The highest BCUT2D eigenvalue weighted by Gasteiger charge is 2.51. The number of aliphatic hydroxyl groups is 3. The van der Waals surface area contributed by atoms with Gasteiger partial charge in [-0.2, -0.15) is 0 Å². The Morgan fingerprint density at radius 2 is 0.812 bits per heavy atom. The Morgan fingerprint density at radius 1 is 0.444 bits per heavy atom. The first kappa shape index (κ1) is 93.4. The molecule has 3 aromatic carbocycles. The van der Waals surface area contributed by atoms with Crippen molar-refractivity contribution in [3.05, 3.63) is 88.0 Å². The van der Waals surface area contributed by atoms with Crippen molar-refractivity contribution in [2.24, 2.45) is 71.0 Å². The SMILES string of the molecule is CCCCC[C@@H](CC[C@@H]1[C@H]2Cc3cccc(OCC(=O)OC)c3C[C@H]2C[C@H]1O)OC1CCCCO1.CCCCC[C@@H](CC[C@@H]1[C@H]2Cc3cccc(OCC(=O)OC)c3C[C@H]2C[C@H]1OC(=O)C1CC1)OC1CCCCO1.CCCCC[C@H](O)CC[C@@H]1[C@H]2Cc3cccc(OCC(=O)OC)c3C[C@H]2C[C@H]1OC(=O)C1CC1.CO.O=C(Cl)C1CC1. The van der Waals surface area contributed by atoms with Gasteiger partial charge in [0, 0.05) is 26.2 Å². The van der Waals surface area contributed by atoms with Gasteiger partial charge in [-0.3, -0.25) is 14.4 Å². The van der Waals surface area contributed by atoms with Crippen molar-refractivity contribution < 1.29 is 101 Å². The number of hydrogen-bond donors (Lipinski definition) is 3. The first-order valence-electron chi connectivity index (χ1n) is 45.3. The Bertz CT molecular complexity index is 3530. The summed E-state index contributed by atoms with van der Waals surface area (Å²) in [6.45, 7) is 8.00. The lowest BCUT2D eigenvalue weighted by Crippen LogP contribution is -2.32. The molecule has 3 N–H and O–H groups in total. The molecule has 6 saturated carbocycles. The summed E-state index contributed by atoms with van der Waals surface area (Å²) in [5.41, 5.74) is 7.39. The van der Waals surface area contributed by atoms with Crippen LogP contribution in [-0.4, -0.2) is 161 Å². The molecule has 0 bridgehead atoms. The predicted molar refractivity (Wildman–Crippen MR) is 445 cm³/mol. The summed E-state index contributed by atoms with van der Waals surface area (Å²) in [7, 11) is 5.11. The smallest absolute Gasteiger partial charge is 0.343 e. The topological polar surface area (TPSA) is 274 Å². The summed E-state index contributed by atoms with van der Waals surface area (Å²) < 4.78 is 68.8. The van der Waals surface area contributed by atoms with Crippen molar-refractivity contribution in [2.75, 3.05) is 61.5 Å². The van der Waals surface area contributed by atoms with Crippen molar-refractivity contribution in [3.8, 4) is 17.2 Å². The summed E-state index contributed by atoms with van der Waals surface area (Å²) >= 11 is 5.04. The first-order valence-corrected chi connectivity index (χ1v) is 45.7. The summed E-state index contributed by atoms with van der Waals surface area (Å²) in [6.07, 6.45) is 39.4. The number of aliphatic hydroxyl groups excluding tert-OH is 3. The van der Waals surface area contributed by atoms with E-state index in [0.717, 1.165) is 237 Å². The van der Waals surface area contributed by atoms with E-state index in [9.17, 15) is 39.0 Å². The second kappa shape index (κ2) is 48.7. The second-order valence-electron chi connectivity index (χ2n) is 35.1. The van der Waals surface area contributed by atoms with Crippen molar-refractivity contribution in [1.29, 1.82) is 0 Å². The third-order valence-corrected chi connectivity index (χ3v) is 27.1. The van der Waals surface area contributed by atoms with Crippen molar-refractivity contribution in [2.45, 2.75) is 320 Å². The number of rotatable bonds is 39. The average Bonchev–Trinajstić information content (AvgIpc) is 1.65. The van der Waals surface area contributed by atoms with E-state index in [1.54, 1.807) is 0 Å². The molecule has 117 heavy (non-hydrogen) atoms. The highest BCUT2D eigenvalue weighted by Crippen LogP contribution is 2.54. The zero-order valence-corrected chi connectivity index (χ0v) is 72.2. The maximum absolute atomic E-state index is 12.8. The molecule has 11 aliphatic rings. The molecule has 2 unspecified atom stereocenters. The first-order chi connectivity index (χ1) is 56.9. The van der Waals surface area contributed by atoms with Gasteiger partial charge in [-0.25, -0.2) is 14.4 Å². The molecule has 2 aliphatic heterocycles. The standard InChI is InChI=1S/C33H48O7.C29H44O6.C28H40O6.C4H5ClO.CH4O/c1-3-4-5-10-25(39-32-12-6-7-17-37-32)15-16-26-27-18-23-9-8-11-29(38-21-31(34)36-2)28(23)19-24(27)20-30(26)40-33(35)22-13-14-22;1-3-4-5-10-22(35-29-12-6-7-15-33-29)13-14-23-24-16-20-9-8-11-27(34-19-28(31)32-2)25(20)17-21(24)18-26(23)30;1-3-4-5-8-21(29)12-13-22-23-14-19-7-6-9-25(33-17-27(30)32-2)24(19)15-20(23)16-26(22)34-28(31)18-10-11-18;5-4(6)3-1-2-3;1-2/h8-9,11,22,24-27,30,32H,3-7,10,12-21H2,1-2H3;8-9,11,21-24,26,29-30H,3-7,10,12-19H2,1-2H3;6-7,9,18,20-23,26,29H,3-5,8,10-17H2,1-2H3;3H,1-2H2;2H,1H3/t24-,25-,26+,27-,30+,32?;21-,22-,23+,24-,26+,29?;20-,21-,22+,23-,26+;;/m000../s1. The van der Waals surface area contributed by atoms with Crippen LogP contribution in [0.25, 0.3) is 0 Å². The lowest BCUT2D eigenvalue weighted by atomic mass is 9.73. The second-order valence-corrected chi connectivity index (χ2v) is 35.5. The number of carbonyl (C=O) groups excluding carboxylic acids is 6. The number of hydrogen-bond acceptors (Lipinski definition) is 21. The fourth-order valence-corrected chi connectivity index (χ4v) is 20.1. The van der Waals surface area contributed by atoms with Gasteiger partial charge in [0.2, 0.25) is 5.24 Å². The molecule has 9 aliphatic carbocycles. The molecule has 0 amide bonds. The Kier molecular flexibility index (Phi) is 38.8. The van der Waals surface area contributed by atoms with Crippen LogP contribution in [-0.2, 0) is 110 Å². The van der Waals surface area contributed by atoms with Crippen molar-refractivity contribution in [3.63, 3.8) is 0 Å². The molecule has 21 nitrogen and oxygen atoms in total. The summed E-state index contributed by atoms with van der Waals surface area (Å²) in [5, 5.41) is 28.5. The molecule has 2 saturated heterocycles. The van der Waals surface area contributed by atoms with Gasteiger partial charge in [0.05, 0.1) is 57.6 Å². The van der Waals surface area contributed by atoms with Gasteiger partial charge in [0.1, 0.15) is 29.5 Å². The van der Waals surface area contributed by atoms with Crippen molar-refractivity contribution >= 4 is 46.7 Å². The summed E-state index contributed by atoms with van der Waals surface area (Å²) in [4.78, 5) is 70.2. The predicted octanol–water partition coefficient (Wildman–Crippen LogP) is 16.8. The molecule has 17 atom stereocenters. The molecule has 0 spiro atoms. The highest BCUT2D eigenvalue weighted by molar-refractivity contribution is 6.64. The number of halogens is 1. The Hall–Kier alpha value is -5.91. The van der Waals surface area contributed by atoms with Crippen LogP contribution in [0.5, 0.6) is 17.2 Å². The van der Waals surface area contributed by atoms with Gasteiger partial charge in [0.25, 0.3) is 0 Å². The van der Waals surface area contributed by atoms with Crippen LogP contribution in [0.15, 0.2) is 54.6 Å². The third kappa shape index (κ3) is 28.6. The zero-order valence-electron chi connectivity index (χ0n) is 71.4. The monoisotopic (exact) mass is 1650 g/mol. The molecule has 2 heterocycles. The number of unbranched alkanes of at least 4 members (excludes halogenated alkanes) is 6. The number of benzene rings is 3. The number of carbonyl (C=O) groups is 6. The molecule has 22 heteroatoms. The van der Waals surface area contributed by atoms with E-state index in [0.29, 0.717) is 47.3 Å². The maximum atomic E-state index is 12.8. The Morgan fingerprint density at radius 3 is 1.16 bits per heavy atom. The largest absolute Gasteiger partial charge is 0.482 e. The zero-order chi connectivity index (χ0) is 83.2. The minimum Gasteiger partial charge on any atom is -0.482 e. The van der Waals surface area contributed by atoms with Gasteiger partial charge in [0.15, 0.2) is 32.4 Å². The molecule has 14 rings (SSSR count). The van der Waals surface area contributed by atoms with Crippen LogP contribution < -0.4 is 14.2 Å². The number of methoxy groups -OCH3 is 3. The molecule has 0 radical (unpaired) electrons. The Labute approximate surface area is 702 Å². The lowest BCUT2D eigenvalue weighted by molar-refractivity contribution is -0.192. The van der Waals surface area contributed by atoms with E-state index in [-0.39, 0.29) is 122 Å². The number of esters is 5. The van der Waals surface area contributed by atoms with E-state index in [1.165, 1.54) is 106 Å². The van der Waals surface area contributed by atoms with Crippen LogP contribution in [0, 0.1) is 71.0 Å². The van der Waals surface area contributed by atoms with E-state index in [4.69, 9.17) is 73.5 Å². The quantitative estimate of drug-likeness (QED) is 0.0207. The third-order valence-electron chi connectivity index (χ3n) is 26.8. The van der Waals surface area contributed by atoms with Gasteiger partial charge < -0.3 is 72.2 Å². The van der Waals surface area contributed by atoms with Gasteiger partial charge in [-0.05, 0) is 309 Å². The fourth-order valence-electron chi connectivity index (χ4n) is 19.8. The van der Waals surface area contributed by atoms with Crippen LogP contribution >= 0.6 is 11.6 Å². The minimum atomic E-state index is -0.392. The summed E-state index contributed by atoms with van der Waals surface area (Å²) in [6, 6.07) is 18.3. The van der Waals surface area contributed by atoms with Gasteiger partial charge in [-0.1, -0.05) is 115 Å². The minimum absolute atomic E-state index is 0.000358. The number of ether oxygens (including phenoxy) is 12. The Balaban J connectivity index is 0.000000177. The maximum Gasteiger partial charge on any atom is 0.343 e. The van der Waals surface area contributed by atoms with E-state index < -0.39 is 5.97 Å². The molecular weight excluding hydrogens is 1510 g/mol. The van der Waals surface area contributed by atoms with E-state index in [2.05, 4.69) is 39.0 Å². The normalized spacial score (nSPS) is 27.0. The fraction of sp³-hybridized carbons (Fsp3) is 0.747. The lowest BCUT2D eigenvalue weighted by Gasteiger charge is -2.33. The average molecular weight is 1650 g/mol. The summed E-state index contributed by atoms with van der Waals surface area (Å²) in [5.74, 6) is 5.13. The highest BCUT2D eigenvalue weighted by atomic mass is 35.5. The molecule has 0 aromatic heterocycles. The molecule has 654 valence electrons. The van der Waals surface area contributed by atoms with Gasteiger partial charge >= 0.3 is 29.8 Å². The van der Waals surface area contributed by atoms with Crippen LogP contribution in [0.1, 0.15) is 266 Å². The van der Waals surface area contributed by atoms with E-state index in [1.807, 2.05) is 36.4 Å². The molecular formula is C95H141ClO21.